The van der Waals surface area contributed by atoms with Gasteiger partial charge in [-0.05, 0) is 30.3 Å². The van der Waals surface area contributed by atoms with Gasteiger partial charge in [0.05, 0.1) is 23.9 Å². The summed E-state index contributed by atoms with van der Waals surface area (Å²) in [6.45, 7) is -0.240. The first kappa shape index (κ1) is 20.1. The summed E-state index contributed by atoms with van der Waals surface area (Å²) in [6, 6.07) is 19.7. The monoisotopic (exact) mass is 408 g/mol. The maximum atomic E-state index is 12.6. The zero-order valence-electron chi connectivity index (χ0n) is 15.3. The Kier molecular flexibility index (Phi) is 6.61. The Bertz CT molecular complexity index is 1040. The number of amides is 1. The highest BCUT2D eigenvalue weighted by Crippen LogP contribution is 2.23. The van der Waals surface area contributed by atoms with Gasteiger partial charge >= 0.3 is 5.97 Å². The zero-order valence-corrected chi connectivity index (χ0v) is 16.1. The molecule has 0 unspecified atom stereocenters. The lowest BCUT2D eigenvalue weighted by Crippen LogP contribution is -2.29. The minimum absolute atomic E-state index is 0.185. The van der Waals surface area contributed by atoms with E-state index in [4.69, 9.17) is 21.6 Å². The van der Waals surface area contributed by atoms with E-state index < -0.39 is 18.5 Å². The quantitative estimate of drug-likeness (QED) is 0.477. The first-order chi connectivity index (χ1) is 14.1. The molecule has 0 fully saturated rings. The van der Waals surface area contributed by atoms with E-state index in [1.807, 2.05) is 36.4 Å². The van der Waals surface area contributed by atoms with E-state index in [2.05, 4.69) is 10.4 Å². The number of nitrogens with one attached hydrogen (secondary N) is 1. The summed E-state index contributed by atoms with van der Waals surface area (Å²) in [7, 11) is 0. The molecule has 1 aromatic heterocycles. The molecule has 1 amide bonds. The highest BCUT2D eigenvalue weighted by Gasteiger charge is 2.20. The molecule has 0 aliphatic carbocycles. The summed E-state index contributed by atoms with van der Waals surface area (Å²) >= 11 is 5.94. The van der Waals surface area contributed by atoms with Gasteiger partial charge in [0.2, 0.25) is 0 Å². The smallest absolute Gasteiger partial charge is 0.357 e. The van der Waals surface area contributed by atoms with Crippen molar-refractivity contribution in [2.24, 2.45) is 0 Å². The molecule has 0 bridgehead atoms. The third-order valence-electron chi connectivity index (χ3n) is 3.95. The molecule has 29 heavy (non-hydrogen) atoms. The molecule has 0 radical (unpaired) electrons. The predicted molar refractivity (Wildman–Crippen MR) is 108 cm³/mol. The van der Waals surface area contributed by atoms with E-state index in [-0.39, 0.29) is 18.7 Å². The molecule has 0 saturated heterocycles. The Hall–Kier alpha value is -3.63. The number of esters is 1. The fourth-order valence-corrected chi connectivity index (χ4v) is 2.69. The van der Waals surface area contributed by atoms with Crippen LogP contribution in [0.4, 0.5) is 0 Å². The van der Waals surface area contributed by atoms with E-state index in [9.17, 15) is 9.59 Å². The van der Waals surface area contributed by atoms with E-state index in [0.29, 0.717) is 16.4 Å². The molecular formula is C21H17ClN4O3. The van der Waals surface area contributed by atoms with E-state index in [1.54, 1.807) is 30.3 Å². The number of nitriles is 1. The standard InChI is InChI=1S/C21H17ClN4O3/c22-16-9-7-15(8-10-16)18-13-19(26(25-18)17-5-2-1-3-6-17)21(28)29-14-20(27)24-12-4-11-23/h1-3,5-10,13H,4,12,14H2,(H,24,27). The van der Waals surface area contributed by atoms with E-state index in [0.717, 1.165) is 5.56 Å². The minimum atomic E-state index is -0.683. The molecule has 3 aromatic rings. The van der Waals surface area contributed by atoms with Gasteiger partial charge in [-0.1, -0.05) is 41.9 Å². The Morgan fingerprint density at radius 3 is 2.55 bits per heavy atom. The van der Waals surface area contributed by atoms with Crippen LogP contribution in [0.25, 0.3) is 16.9 Å². The Morgan fingerprint density at radius 2 is 1.86 bits per heavy atom. The molecule has 8 heteroatoms. The van der Waals surface area contributed by atoms with Crippen molar-refractivity contribution in [3.8, 4) is 23.0 Å². The number of carbonyl (C=O) groups excluding carboxylic acids is 2. The van der Waals surface area contributed by atoms with Crippen LogP contribution >= 0.6 is 11.6 Å². The van der Waals surface area contributed by atoms with Crippen molar-refractivity contribution in [2.75, 3.05) is 13.2 Å². The van der Waals surface area contributed by atoms with Crippen LogP contribution in [-0.2, 0) is 9.53 Å². The highest BCUT2D eigenvalue weighted by molar-refractivity contribution is 6.30. The molecule has 146 valence electrons. The number of rotatable bonds is 7. The van der Waals surface area contributed by atoms with Gasteiger partial charge in [-0.25, -0.2) is 9.48 Å². The molecule has 0 spiro atoms. The molecule has 0 saturated carbocycles. The van der Waals surface area contributed by atoms with Gasteiger partial charge in [-0.15, -0.1) is 0 Å². The first-order valence-electron chi connectivity index (χ1n) is 8.80. The number of hydrogen-bond donors (Lipinski definition) is 1. The van der Waals surface area contributed by atoms with E-state index >= 15 is 0 Å². The molecule has 7 nitrogen and oxygen atoms in total. The van der Waals surface area contributed by atoms with Crippen LogP contribution in [0.3, 0.4) is 0 Å². The van der Waals surface area contributed by atoms with Gasteiger partial charge < -0.3 is 10.1 Å². The minimum Gasteiger partial charge on any atom is -0.451 e. The molecule has 0 aliphatic heterocycles. The topological polar surface area (TPSA) is 97.0 Å². The molecule has 0 aliphatic rings. The van der Waals surface area contributed by atoms with Gasteiger partial charge in [-0.3, -0.25) is 4.79 Å². The van der Waals surface area contributed by atoms with Crippen LogP contribution in [0.5, 0.6) is 0 Å². The maximum Gasteiger partial charge on any atom is 0.357 e. The second-order valence-corrected chi connectivity index (χ2v) is 6.44. The number of carbonyl (C=O) groups is 2. The number of para-hydroxylation sites is 1. The molecular weight excluding hydrogens is 392 g/mol. The largest absolute Gasteiger partial charge is 0.451 e. The third kappa shape index (κ3) is 5.21. The highest BCUT2D eigenvalue weighted by atomic mass is 35.5. The SMILES string of the molecule is N#CCCNC(=O)COC(=O)c1cc(-c2ccc(Cl)cc2)nn1-c1ccccc1. The van der Waals surface area contributed by atoms with Crippen molar-refractivity contribution in [1.82, 2.24) is 15.1 Å². The lowest BCUT2D eigenvalue weighted by molar-refractivity contribution is -0.124. The van der Waals surface area contributed by atoms with E-state index in [1.165, 1.54) is 4.68 Å². The average molecular weight is 409 g/mol. The van der Waals surface area contributed by atoms with Crippen molar-refractivity contribution >= 4 is 23.5 Å². The summed E-state index contributed by atoms with van der Waals surface area (Å²) < 4.78 is 6.61. The van der Waals surface area contributed by atoms with Crippen molar-refractivity contribution in [1.29, 1.82) is 5.26 Å². The number of benzene rings is 2. The van der Waals surface area contributed by atoms with Gasteiger partial charge in [0, 0.05) is 17.1 Å². The van der Waals surface area contributed by atoms with Gasteiger partial charge in [0.25, 0.3) is 5.91 Å². The van der Waals surface area contributed by atoms with Crippen LogP contribution in [0.2, 0.25) is 5.02 Å². The van der Waals surface area contributed by atoms with Crippen molar-refractivity contribution in [3.63, 3.8) is 0 Å². The van der Waals surface area contributed by atoms with Crippen LogP contribution in [-0.4, -0.2) is 34.8 Å². The number of nitrogens with zero attached hydrogens (tertiary/aromatic N) is 3. The zero-order chi connectivity index (χ0) is 20.6. The second kappa shape index (κ2) is 9.53. The lowest BCUT2D eigenvalue weighted by atomic mass is 10.1. The Morgan fingerprint density at radius 1 is 1.14 bits per heavy atom. The molecule has 1 N–H and O–H groups in total. The summed E-state index contributed by atoms with van der Waals surface area (Å²) in [5, 5.41) is 16.1. The lowest BCUT2D eigenvalue weighted by Gasteiger charge is -2.08. The number of halogens is 1. The van der Waals surface area contributed by atoms with Crippen molar-refractivity contribution in [2.45, 2.75) is 6.42 Å². The van der Waals surface area contributed by atoms with Crippen molar-refractivity contribution < 1.29 is 14.3 Å². The predicted octanol–water partition coefficient (Wildman–Crippen LogP) is 3.38. The third-order valence-corrected chi connectivity index (χ3v) is 4.20. The van der Waals surface area contributed by atoms with Gasteiger partial charge in [-0.2, -0.15) is 10.4 Å². The van der Waals surface area contributed by atoms with Crippen LogP contribution < -0.4 is 5.32 Å². The summed E-state index contributed by atoms with van der Waals surface area (Å²) in [4.78, 5) is 24.4. The molecule has 1 heterocycles. The Labute approximate surface area is 172 Å². The molecule has 0 atom stereocenters. The maximum absolute atomic E-state index is 12.6. The second-order valence-electron chi connectivity index (χ2n) is 6.00. The Balaban J connectivity index is 1.84. The average Bonchev–Trinajstić information content (AvgIpc) is 3.19. The summed E-state index contributed by atoms with van der Waals surface area (Å²) in [5.74, 6) is -1.16. The normalized spacial score (nSPS) is 10.2. The van der Waals surface area contributed by atoms with Crippen molar-refractivity contribution in [3.05, 3.63) is 71.4 Å². The molecule has 2 aromatic carbocycles. The molecule has 3 rings (SSSR count). The summed E-state index contributed by atoms with van der Waals surface area (Å²) in [6.07, 6.45) is 0.185. The van der Waals surface area contributed by atoms with Gasteiger partial charge in [0.15, 0.2) is 12.3 Å². The number of hydrogen-bond acceptors (Lipinski definition) is 5. The number of ether oxygens (including phenoxy) is 1. The number of aromatic nitrogens is 2. The van der Waals surface area contributed by atoms with Crippen LogP contribution in [0.15, 0.2) is 60.7 Å². The fraction of sp³-hybridized carbons (Fsp3) is 0.143. The fourth-order valence-electron chi connectivity index (χ4n) is 2.57. The summed E-state index contributed by atoms with van der Waals surface area (Å²) in [5.41, 5.74) is 2.22. The van der Waals surface area contributed by atoms with Crippen LogP contribution in [0.1, 0.15) is 16.9 Å². The first-order valence-corrected chi connectivity index (χ1v) is 9.18. The van der Waals surface area contributed by atoms with Crippen LogP contribution in [0, 0.1) is 11.3 Å². The van der Waals surface area contributed by atoms with Gasteiger partial charge in [0.1, 0.15) is 0 Å².